The Balaban J connectivity index is 1.42. The van der Waals surface area contributed by atoms with Crippen LogP contribution in [0, 0.1) is 0 Å². The van der Waals surface area contributed by atoms with Gasteiger partial charge in [-0.1, -0.05) is 0 Å². The number of pyridine rings is 1. The van der Waals surface area contributed by atoms with Crippen molar-refractivity contribution in [1.29, 1.82) is 0 Å². The molecule has 2 aliphatic heterocycles. The van der Waals surface area contributed by atoms with Gasteiger partial charge in [0, 0.05) is 43.7 Å². The number of nitrogens with one attached hydrogen (secondary N) is 1. The number of hydrogen-bond donors (Lipinski definition) is 2. The van der Waals surface area contributed by atoms with Crippen LogP contribution in [0.15, 0.2) is 36.1 Å². The molecule has 8 heteroatoms. The molecule has 2 aliphatic rings. The van der Waals surface area contributed by atoms with Gasteiger partial charge in [0.05, 0.1) is 23.2 Å². The summed E-state index contributed by atoms with van der Waals surface area (Å²) in [6, 6.07) is 3.46. The van der Waals surface area contributed by atoms with E-state index in [1.54, 1.807) is 29.7 Å². The van der Waals surface area contributed by atoms with Crippen LogP contribution < -0.4 is 5.32 Å². The van der Waals surface area contributed by atoms with E-state index in [0.29, 0.717) is 18.6 Å². The van der Waals surface area contributed by atoms with Crippen LogP contribution >= 0.6 is 11.3 Å². The van der Waals surface area contributed by atoms with Gasteiger partial charge in [-0.25, -0.2) is 4.98 Å². The summed E-state index contributed by atoms with van der Waals surface area (Å²) in [6.07, 6.45) is 6.28. The van der Waals surface area contributed by atoms with Gasteiger partial charge in [0.15, 0.2) is 0 Å². The van der Waals surface area contributed by atoms with Crippen LogP contribution in [0.3, 0.4) is 0 Å². The fraction of sp³-hybridized carbons (Fsp3) is 0.550. The first kappa shape index (κ1) is 19.4. The smallest absolute Gasteiger partial charge is 0.253 e. The van der Waals surface area contributed by atoms with Gasteiger partial charge in [0.25, 0.3) is 5.91 Å². The standard InChI is InChI=1S/C20H26N4O3S/c1-19(23-17(25)15-3-2-7-21-13-15)6-11-27-20(18(19)26)4-9-24(10-5-20)14-16-22-8-12-28-16/h2-3,7-8,12-13,18,26H,4-6,9-11,14H2,1H3,(H,23,25)/t18-,19+/m1/s1. The number of amides is 1. The molecule has 0 unspecified atom stereocenters. The number of piperidine rings is 1. The molecule has 2 N–H and O–H groups in total. The molecule has 2 fully saturated rings. The van der Waals surface area contributed by atoms with Crippen LogP contribution in [0.4, 0.5) is 0 Å². The lowest BCUT2D eigenvalue weighted by Crippen LogP contribution is -2.69. The summed E-state index contributed by atoms with van der Waals surface area (Å²) in [5.41, 5.74) is -0.855. The molecule has 2 aromatic rings. The number of aromatic nitrogens is 2. The molecule has 150 valence electrons. The lowest BCUT2D eigenvalue weighted by molar-refractivity contribution is -0.205. The highest BCUT2D eigenvalue weighted by atomic mass is 32.1. The fourth-order valence-electron chi connectivity index (χ4n) is 4.25. The van der Waals surface area contributed by atoms with Crippen molar-refractivity contribution in [1.82, 2.24) is 20.2 Å². The first-order chi connectivity index (χ1) is 13.5. The second kappa shape index (κ2) is 7.87. The SMILES string of the molecule is C[C@]1(NC(=O)c2cccnc2)CCOC2(CCN(Cc3nccs3)CC2)[C@@H]1O. The van der Waals surface area contributed by atoms with Crippen molar-refractivity contribution < 1.29 is 14.6 Å². The highest BCUT2D eigenvalue weighted by Gasteiger charge is 2.53. The van der Waals surface area contributed by atoms with Gasteiger partial charge < -0.3 is 15.2 Å². The zero-order valence-corrected chi connectivity index (χ0v) is 16.8. The third kappa shape index (κ3) is 3.82. The Morgan fingerprint density at radius 3 is 2.89 bits per heavy atom. The van der Waals surface area contributed by atoms with E-state index in [4.69, 9.17) is 4.74 Å². The fourth-order valence-corrected chi connectivity index (χ4v) is 4.91. The number of carbonyl (C=O) groups excluding carboxylic acids is 1. The summed E-state index contributed by atoms with van der Waals surface area (Å²) >= 11 is 1.66. The molecule has 0 bridgehead atoms. The summed E-state index contributed by atoms with van der Waals surface area (Å²) in [6.45, 7) is 4.94. The summed E-state index contributed by atoms with van der Waals surface area (Å²) in [7, 11) is 0. The highest BCUT2D eigenvalue weighted by molar-refractivity contribution is 7.09. The second-order valence-electron chi connectivity index (χ2n) is 7.88. The van der Waals surface area contributed by atoms with Crippen molar-refractivity contribution in [2.24, 2.45) is 0 Å². The summed E-state index contributed by atoms with van der Waals surface area (Å²) in [5.74, 6) is -0.215. The normalized spacial score (nSPS) is 27.6. The van der Waals surface area contributed by atoms with Gasteiger partial charge in [0.1, 0.15) is 11.1 Å². The molecule has 4 heterocycles. The monoisotopic (exact) mass is 402 g/mol. The van der Waals surface area contributed by atoms with Crippen LogP contribution in [0.2, 0.25) is 0 Å². The van der Waals surface area contributed by atoms with E-state index in [1.807, 2.05) is 18.5 Å². The molecule has 0 aliphatic carbocycles. The minimum atomic E-state index is -0.767. The number of likely N-dealkylation sites (tertiary alicyclic amines) is 1. The Bertz CT molecular complexity index is 793. The summed E-state index contributed by atoms with van der Waals surface area (Å²) in [4.78, 5) is 23.4. The van der Waals surface area contributed by atoms with Crippen molar-refractivity contribution in [3.05, 3.63) is 46.7 Å². The van der Waals surface area contributed by atoms with Crippen LogP contribution in [0.5, 0.6) is 0 Å². The lowest BCUT2D eigenvalue weighted by atomic mass is 9.73. The number of rotatable bonds is 4. The average Bonchev–Trinajstić information content (AvgIpc) is 3.22. The summed E-state index contributed by atoms with van der Waals surface area (Å²) < 4.78 is 6.13. The van der Waals surface area contributed by atoms with Gasteiger partial charge in [0.2, 0.25) is 0 Å². The minimum Gasteiger partial charge on any atom is -0.388 e. The molecule has 0 radical (unpaired) electrons. The van der Waals surface area contributed by atoms with E-state index in [9.17, 15) is 9.90 Å². The molecule has 7 nitrogen and oxygen atoms in total. The maximum Gasteiger partial charge on any atom is 0.253 e. The zero-order valence-electron chi connectivity index (χ0n) is 16.0. The van der Waals surface area contributed by atoms with Gasteiger partial charge in [-0.3, -0.25) is 14.7 Å². The number of nitrogens with zero attached hydrogens (tertiary/aromatic N) is 3. The Hall–Kier alpha value is -1.87. The lowest BCUT2D eigenvalue weighted by Gasteiger charge is -2.53. The Morgan fingerprint density at radius 2 is 2.21 bits per heavy atom. The summed E-state index contributed by atoms with van der Waals surface area (Å²) in [5, 5.41) is 17.4. The Kier molecular flexibility index (Phi) is 5.46. The molecule has 4 rings (SSSR count). The molecule has 28 heavy (non-hydrogen) atoms. The largest absolute Gasteiger partial charge is 0.388 e. The van der Waals surface area contributed by atoms with Crippen LogP contribution in [-0.2, 0) is 11.3 Å². The number of ether oxygens (including phenoxy) is 1. The molecular weight excluding hydrogens is 376 g/mol. The molecular formula is C20H26N4O3S. The number of carbonyl (C=O) groups is 1. The number of thiazole rings is 1. The number of aliphatic hydroxyl groups excluding tert-OH is 1. The van der Waals surface area contributed by atoms with Crippen LogP contribution in [-0.4, -0.2) is 62.8 Å². The van der Waals surface area contributed by atoms with E-state index in [-0.39, 0.29) is 5.91 Å². The number of aliphatic hydroxyl groups is 1. The molecule has 1 spiro atoms. The molecule has 1 amide bonds. The predicted molar refractivity (Wildman–Crippen MR) is 106 cm³/mol. The van der Waals surface area contributed by atoms with Crippen molar-refractivity contribution in [3.63, 3.8) is 0 Å². The van der Waals surface area contributed by atoms with E-state index >= 15 is 0 Å². The van der Waals surface area contributed by atoms with Gasteiger partial charge in [-0.05, 0) is 38.3 Å². The minimum absolute atomic E-state index is 0.215. The topological polar surface area (TPSA) is 87.6 Å². The maximum absolute atomic E-state index is 12.6. The van der Waals surface area contributed by atoms with E-state index in [2.05, 4.69) is 20.2 Å². The van der Waals surface area contributed by atoms with Crippen molar-refractivity contribution in [3.8, 4) is 0 Å². The van der Waals surface area contributed by atoms with E-state index in [0.717, 1.165) is 37.5 Å². The molecule has 2 atom stereocenters. The highest BCUT2D eigenvalue weighted by Crippen LogP contribution is 2.40. The van der Waals surface area contributed by atoms with E-state index in [1.165, 1.54) is 6.20 Å². The number of hydrogen-bond acceptors (Lipinski definition) is 7. The average molecular weight is 403 g/mol. The Labute approximate surface area is 168 Å². The van der Waals surface area contributed by atoms with Gasteiger partial charge in [-0.15, -0.1) is 11.3 Å². The van der Waals surface area contributed by atoms with E-state index < -0.39 is 17.2 Å². The van der Waals surface area contributed by atoms with Crippen LogP contribution in [0.25, 0.3) is 0 Å². The van der Waals surface area contributed by atoms with Crippen LogP contribution in [0.1, 0.15) is 41.6 Å². The second-order valence-corrected chi connectivity index (χ2v) is 8.86. The quantitative estimate of drug-likeness (QED) is 0.812. The molecule has 2 aromatic heterocycles. The van der Waals surface area contributed by atoms with Crippen molar-refractivity contribution in [2.45, 2.75) is 50.0 Å². The van der Waals surface area contributed by atoms with Crippen molar-refractivity contribution in [2.75, 3.05) is 19.7 Å². The first-order valence-electron chi connectivity index (χ1n) is 9.66. The van der Waals surface area contributed by atoms with Crippen molar-refractivity contribution >= 4 is 17.2 Å². The Morgan fingerprint density at radius 1 is 1.39 bits per heavy atom. The van der Waals surface area contributed by atoms with Gasteiger partial charge >= 0.3 is 0 Å². The third-order valence-electron chi connectivity index (χ3n) is 5.98. The zero-order chi connectivity index (χ0) is 19.6. The molecule has 0 saturated carbocycles. The van der Waals surface area contributed by atoms with Gasteiger partial charge in [-0.2, -0.15) is 0 Å². The third-order valence-corrected chi connectivity index (χ3v) is 6.74. The predicted octanol–water partition coefficient (Wildman–Crippen LogP) is 1.84. The maximum atomic E-state index is 12.6. The first-order valence-corrected chi connectivity index (χ1v) is 10.5. The molecule has 0 aromatic carbocycles. The molecule has 2 saturated heterocycles.